The number of aromatic nitrogens is 3. The molecule has 0 radical (unpaired) electrons. The Kier molecular flexibility index (Phi) is 5.96. The minimum Gasteiger partial charge on any atom is -0.352 e. The largest absolute Gasteiger partial charge is 0.352 e. The van der Waals surface area contributed by atoms with E-state index >= 15 is 0 Å². The van der Waals surface area contributed by atoms with E-state index < -0.39 is 0 Å². The zero-order valence-electron chi connectivity index (χ0n) is 16.6. The maximum atomic E-state index is 12.7. The second-order valence-corrected chi connectivity index (χ2v) is 7.40. The molecule has 0 saturated heterocycles. The van der Waals surface area contributed by atoms with Crippen molar-refractivity contribution >= 4 is 11.4 Å². The maximum absolute atomic E-state index is 12.7. The predicted octanol–water partition coefficient (Wildman–Crippen LogP) is 3.14. The number of carbonyl (C=O) groups is 1. The van der Waals surface area contributed by atoms with Crippen molar-refractivity contribution in [1.82, 2.24) is 24.2 Å². The summed E-state index contributed by atoms with van der Waals surface area (Å²) >= 11 is 0. The van der Waals surface area contributed by atoms with Gasteiger partial charge >= 0.3 is 0 Å². The van der Waals surface area contributed by atoms with Crippen LogP contribution in [0.15, 0.2) is 42.9 Å². The molecule has 0 fully saturated rings. The second-order valence-electron chi connectivity index (χ2n) is 7.40. The fourth-order valence-corrected chi connectivity index (χ4v) is 2.93. The van der Waals surface area contributed by atoms with Gasteiger partial charge in [-0.15, -0.1) is 0 Å². The number of fused-ring (bicyclic) bond motifs is 1. The lowest BCUT2D eigenvalue weighted by Gasteiger charge is -2.09. The van der Waals surface area contributed by atoms with E-state index in [1.807, 2.05) is 28.8 Å². The number of carbonyl (C=O) groups excluding carboxylic acids is 1. The van der Waals surface area contributed by atoms with E-state index in [0.29, 0.717) is 18.2 Å². The highest BCUT2D eigenvalue weighted by Crippen LogP contribution is 2.23. The first-order valence-corrected chi connectivity index (χ1v) is 9.55. The summed E-state index contributed by atoms with van der Waals surface area (Å²) in [6.07, 6.45) is 7.15. The SMILES string of the molecule is CC[C@@H](C)CNC(=O)c1nc(-c2ccn(CCN(C)C)c2)n2ccccc12. The lowest BCUT2D eigenvalue weighted by atomic mass is 10.1. The zero-order valence-corrected chi connectivity index (χ0v) is 16.6. The molecule has 0 spiro atoms. The Labute approximate surface area is 160 Å². The van der Waals surface area contributed by atoms with Gasteiger partial charge in [0.25, 0.3) is 5.91 Å². The molecule has 1 N–H and O–H groups in total. The Bertz CT molecular complexity index is 908. The van der Waals surface area contributed by atoms with Gasteiger partial charge in [0.15, 0.2) is 5.69 Å². The van der Waals surface area contributed by atoms with Gasteiger partial charge in [0.2, 0.25) is 0 Å². The van der Waals surface area contributed by atoms with Crippen LogP contribution in [-0.4, -0.2) is 51.9 Å². The number of pyridine rings is 1. The van der Waals surface area contributed by atoms with Crippen LogP contribution >= 0.6 is 0 Å². The summed E-state index contributed by atoms with van der Waals surface area (Å²) in [6.45, 7) is 6.81. The Hall–Kier alpha value is -2.60. The summed E-state index contributed by atoms with van der Waals surface area (Å²) in [6, 6.07) is 7.90. The van der Waals surface area contributed by atoms with Crippen LogP contribution in [0.4, 0.5) is 0 Å². The van der Waals surface area contributed by atoms with Gasteiger partial charge in [-0.25, -0.2) is 4.98 Å². The third kappa shape index (κ3) is 4.39. The van der Waals surface area contributed by atoms with Gasteiger partial charge in [0.1, 0.15) is 5.82 Å². The number of nitrogens with one attached hydrogen (secondary N) is 1. The first-order chi connectivity index (χ1) is 13.0. The zero-order chi connectivity index (χ0) is 19.4. The fourth-order valence-electron chi connectivity index (χ4n) is 2.93. The molecule has 0 aliphatic rings. The van der Waals surface area contributed by atoms with Crippen LogP contribution in [0.3, 0.4) is 0 Å². The molecule has 0 bridgehead atoms. The number of likely N-dealkylation sites (N-methyl/N-ethyl adjacent to an activating group) is 1. The van der Waals surface area contributed by atoms with Gasteiger partial charge in [-0.2, -0.15) is 0 Å². The number of hydrogen-bond acceptors (Lipinski definition) is 3. The molecule has 6 nitrogen and oxygen atoms in total. The average Bonchev–Trinajstić information content (AvgIpc) is 3.28. The molecule has 3 rings (SSSR count). The van der Waals surface area contributed by atoms with E-state index in [1.165, 1.54) is 0 Å². The number of imidazole rings is 1. The molecule has 0 saturated carbocycles. The quantitative estimate of drug-likeness (QED) is 0.665. The predicted molar refractivity (Wildman–Crippen MR) is 109 cm³/mol. The van der Waals surface area contributed by atoms with Crippen molar-refractivity contribution in [1.29, 1.82) is 0 Å². The first-order valence-electron chi connectivity index (χ1n) is 9.55. The summed E-state index contributed by atoms with van der Waals surface area (Å²) in [5, 5.41) is 3.02. The van der Waals surface area contributed by atoms with Gasteiger partial charge in [-0.05, 0) is 38.2 Å². The molecule has 0 unspecified atom stereocenters. The summed E-state index contributed by atoms with van der Waals surface area (Å²) in [7, 11) is 4.13. The van der Waals surface area contributed by atoms with Crippen molar-refractivity contribution in [2.24, 2.45) is 5.92 Å². The highest BCUT2D eigenvalue weighted by atomic mass is 16.1. The van der Waals surface area contributed by atoms with Crippen molar-refractivity contribution in [3.63, 3.8) is 0 Å². The summed E-state index contributed by atoms with van der Waals surface area (Å²) in [5.74, 6) is 1.13. The molecule has 1 atom stereocenters. The number of nitrogens with zero attached hydrogens (tertiary/aromatic N) is 4. The Balaban J connectivity index is 1.90. The van der Waals surface area contributed by atoms with Crippen LogP contribution in [0.2, 0.25) is 0 Å². The van der Waals surface area contributed by atoms with Gasteiger partial charge in [-0.1, -0.05) is 26.3 Å². The molecular formula is C21H29N5O. The summed E-state index contributed by atoms with van der Waals surface area (Å²) in [4.78, 5) is 19.6. The van der Waals surface area contributed by atoms with Crippen molar-refractivity contribution < 1.29 is 4.79 Å². The third-order valence-electron chi connectivity index (χ3n) is 4.89. The first kappa shape index (κ1) is 19.2. The molecule has 0 aliphatic carbocycles. The minimum absolute atomic E-state index is 0.114. The van der Waals surface area contributed by atoms with E-state index in [-0.39, 0.29) is 5.91 Å². The molecule has 144 valence electrons. The number of rotatable bonds is 8. The van der Waals surface area contributed by atoms with Crippen LogP contribution in [-0.2, 0) is 6.54 Å². The van der Waals surface area contributed by atoms with Crippen molar-refractivity contribution in [2.45, 2.75) is 26.8 Å². The van der Waals surface area contributed by atoms with Gasteiger partial charge in [0, 0.05) is 43.8 Å². The van der Waals surface area contributed by atoms with E-state index in [0.717, 1.165) is 36.4 Å². The summed E-state index contributed by atoms with van der Waals surface area (Å²) < 4.78 is 4.14. The van der Waals surface area contributed by atoms with Crippen LogP contribution < -0.4 is 5.32 Å². The Morgan fingerprint density at radius 2 is 2.07 bits per heavy atom. The van der Waals surface area contributed by atoms with Gasteiger partial charge in [-0.3, -0.25) is 9.20 Å². The number of hydrogen-bond donors (Lipinski definition) is 1. The topological polar surface area (TPSA) is 54.6 Å². The molecule has 3 aromatic heterocycles. The van der Waals surface area contributed by atoms with Crippen molar-refractivity contribution in [2.75, 3.05) is 27.2 Å². The molecule has 0 aromatic carbocycles. The lowest BCUT2D eigenvalue weighted by Crippen LogP contribution is -2.28. The smallest absolute Gasteiger partial charge is 0.272 e. The van der Waals surface area contributed by atoms with E-state index in [1.54, 1.807) is 0 Å². The van der Waals surface area contributed by atoms with Crippen molar-refractivity contribution in [3.05, 3.63) is 48.5 Å². The molecule has 1 amide bonds. The van der Waals surface area contributed by atoms with Crippen LogP contribution in [0.25, 0.3) is 16.9 Å². The summed E-state index contributed by atoms with van der Waals surface area (Å²) in [5.41, 5.74) is 2.32. The second kappa shape index (κ2) is 8.39. The molecule has 6 heteroatoms. The van der Waals surface area contributed by atoms with Crippen LogP contribution in [0.5, 0.6) is 0 Å². The van der Waals surface area contributed by atoms with Crippen LogP contribution in [0.1, 0.15) is 30.8 Å². The fraction of sp³-hybridized carbons (Fsp3) is 0.429. The third-order valence-corrected chi connectivity index (χ3v) is 4.89. The van der Waals surface area contributed by atoms with E-state index in [9.17, 15) is 4.79 Å². The normalized spacial score (nSPS) is 12.6. The molecule has 3 aromatic rings. The molecule has 27 heavy (non-hydrogen) atoms. The van der Waals surface area contributed by atoms with Crippen molar-refractivity contribution in [3.8, 4) is 11.4 Å². The molecular weight excluding hydrogens is 338 g/mol. The van der Waals surface area contributed by atoms with Crippen LogP contribution in [0, 0.1) is 5.92 Å². The van der Waals surface area contributed by atoms with E-state index in [2.05, 4.69) is 61.2 Å². The molecule has 0 aliphatic heterocycles. The van der Waals surface area contributed by atoms with E-state index in [4.69, 9.17) is 4.98 Å². The maximum Gasteiger partial charge on any atom is 0.272 e. The minimum atomic E-state index is -0.114. The average molecular weight is 367 g/mol. The Morgan fingerprint density at radius 1 is 1.26 bits per heavy atom. The lowest BCUT2D eigenvalue weighted by molar-refractivity contribution is 0.0945. The Morgan fingerprint density at radius 3 is 2.81 bits per heavy atom. The van der Waals surface area contributed by atoms with Gasteiger partial charge < -0.3 is 14.8 Å². The standard InChI is InChI=1S/C21H29N5O/c1-5-16(2)14-22-21(27)19-18-8-6-7-10-26(18)20(23-19)17-9-11-25(15-17)13-12-24(3)4/h6-11,15-16H,5,12-14H2,1-4H3,(H,22,27)/t16-/m1/s1. The molecule has 3 heterocycles. The monoisotopic (exact) mass is 367 g/mol. The number of amides is 1. The highest BCUT2D eigenvalue weighted by molar-refractivity contribution is 6.00. The highest BCUT2D eigenvalue weighted by Gasteiger charge is 2.19. The van der Waals surface area contributed by atoms with Gasteiger partial charge in [0.05, 0.1) is 5.52 Å².